The molecule has 4 rings (SSSR count). The van der Waals surface area contributed by atoms with E-state index < -0.39 is 29.4 Å². The first-order valence-corrected chi connectivity index (χ1v) is 9.77. The van der Waals surface area contributed by atoms with E-state index in [1.165, 1.54) is 31.6 Å². The highest BCUT2D eigenvalue weighted by Crippen LogP contribution is 2.34. The smallest absolute Gasteiger partial charge is 0.287 e. The van der Waals surface area contributed by atoms with Crippen molar-refractivity contribution in [1.29, 1.82) is 0 Å². The minimum absolute atomic E-state index is 0.0641. The van der Waals surface area contributed by atoms with Gasteiger partial charge in [-0.15, -0.1) is 0 Å². The Labute approximate surface area is 182 Å². The Kier molecular flexibility index (Phi) is 5.65. The van der Waals surface area contributed by atoms with Gasteiger partial charge in [0, 0.05) is 11.6 Å². The van der Waals surface area contributed by atoms with E-state index in [1.54, 1.807) is 24.3 Å². The van der Waals surface area contributed by atoms with E-state index >= 15 is 0 Å². The molecule has 2 aromatic carbocycles. The highest BCUT2D eigenvalue weighted by molar-refractivity contribution is 5.96. The molecule has 0 fully saturated rings. The van der Waals surface area contributed by atoms with Gasteiger partial charge in [0.15, 0.2) is 28.8 Å². The molecule has 3 aromatic rings. The van der Waals surface area contributed by atoms with Crippen molar-refractivity contribution in [2.45, 2.75) is 25.5 Å². The number of carbonyl (C=O) groups is 2. The zero-order valence-electron chi connectivity index (χ0n) is 17.0. The predicted molar refractivity (Wildman–Crippen MR) is 114 cm³/mol. The number of primary amides is 1. The molecule has 0 bridgehead atoms. The summed E-state index contributed by atoms with van der Waals surface area (Å²) in [4.78, 5) is 37.5. The van der Waals surface area contributed by atoms with Crippen molar-refractivity contribution in [3.8, 4) is 11.5 Å². The predicted octanol–water partition coefficient (Wildman–Crippen LogP) is 1.53. The number of carbonyl (C=O) groups excluding carboxylic acids is 2. The summed E-state index contributed by atoms with van der Waals surface area (Å²) < 4.78 is 16.4. The third-order valence-electron chi connectivity index (χ3n) is 5.12. The Bertz CT molecular complexity index is 1280. The number of amides is 2. The van der Waals surface area contributed by atoms with E-state index in [9.17, 15) is 19.5 Å². The van der Waals surface area contributed by atoms with Crippen LogP contribution in [0.1, 0.15) is 21.7 Å². The van der Waals surface area contributed by atoms with Crippen molar-refractivity contribution in [2.24, 2.45) is 5.73 Å². The zero-order chi connectivity index (χ0) is 22.8. The summed E-state index contributed by atoms with van der Waals surface area (Å²) in [5.41, 5.74) is 5.79. The monoisotopic (exact) mass is 436 g/mol. The minimum Gasteiger partial charge on any atom is -0.458 e. The SMILES string of the molecule is Cc1c(C(=O)N[C@@H](Cc2ccccc2)[C@@H](O)C(N)=O)oc2cc3c(cc2c1=O)OC=CO3. The number of nitrogens with one attached hydrogen (secondary N) is 1. The largest absolute Gasteiger partial charge is 0.458 e. The number of fused-ring (bicyclic) bond motifs is 2. The molecule has 4 N–H and O–H groups in total. The molecule has 0 radical (unpaired) electrons. The van der Waals surface area contributed by atoms with Crippen LogP contribution in [-0.4, -0.2) is 29.1 Å². The fraction of sp³-hybridized carbons (Fsp3) is 0.174. The highest BCUT2D eigenvalue weighted by atomic mass is 16.5. The second kappa shape index (κ2) is 8.56. The molecule has 0 aliphatic carbocycles. The molecule has 32 heavy (non-hydrogen) atoms. The average molecular weight is 436 g/mol. The lowest BCUT2D eigenvalue weighted by atomic mass is 10.0. The molecule has 1 aromatic heterocycles. The van der Waals surface area contributed by atoms with Crippen LogP contribution in [0.2, 0.25) is 0 Å². The summed E-state index contributed by atoms with van der Waals surface area (Å²) in [7, 11) is 0. The minimum atomic E-state index is -1.64. The van der Waals surface area contributed by atoms with Crippen LogP contribution >= 0.6 is 0 Å². The van der Waals surface area contributed by atoms with Crippen LogP contribution in [0, 0.1) is 6.92 Å². The van der Waals surface area contributed by atoms with Crippen LogP contribution in [0.5, 0.6) is 11.5 Å². The number of aliphatic hydroxyl groups excluding tert-OH is 1. The van der Waals surface area contributed by atoms with Crippen LogP contribution in [-0.2, 0) is 11.2 Å². The number of aliphatic hydroxyl groups is 1. The maximum Gasteiger partial charge on any atom is 0.287 e. The van der Waals surface area contributed by atoms with Gasteiger partial charge in [-0.25, -0.2) is 0 Å². The summed E-state index contributed by atoms with van der Waals surface area (Å²) in [5, 5.41) is 13.0. The van der Waals surface area contributed by atoms with Crippen molar-refractivity contribution in [3.05, 3.63) is 82.1 Å². The Morgan fingerprint density at radius 1 is 1.09 bits per heavy atom. The molecule has 164 valence electrons. The zero-order valence-corrected chi connectivity index (χ0v) is 17.0. The molecule has 9 heteroatoms. The first-order chi connectivity index (χ1) is 15.3. The Hall–Kier alpha value is -4.11. The van der Waals surface area contributed by atoms with Crippen LogP contribution in [0.25, 0.3) is 11.0 Å². The topological polar surface area (TPSA) is 141 Å². The summed E-state index contributed by atoms with van der Waals surface area (Å²) in [6.45, 7) is 1.45. The summed E-state index contributed by atoms with van der Waals surface area (Å²) in [6.07, 6.45) is 1.16. The summed E-state index contributed by atoms with van der Waals surface area (Å²) >= 11 is 0. The van der Waals surface area contributed by atoms with Crippen molar-refractivity contribution in [3.63, 3.8) is 0 Å². The van der Waals surface area contributed by atoms with Gasteiger partial charge in [-0.05, 0) is 25.0 Å². The Balaban J connectivity index is 1.69. The molecular weight excluding hydrogens is 416 g/mol. The third kappa shape index (κ3) is 4.06. The first-order valence-electron chi connectivity index (χ1n) is 9.77. The van der Waals surface area contributed by atoms with E-state index in [4.69, 9.17) is 19.6 Å². The standard InChI is InChI=1S/C23H20N2O7/c1-12-19(26)14-10-17-18(31-8-7-30-17)11-16(14)32-21(12)23(29)25-15(20(27)22(24)28)9-13-5-3-2-4-6-13/h2-8,10-11,15,20,27H,9H2,1H3,(H2,24,28)(H,25,29)/t15-,20+/m0/s1. The van der Waals surface area contributed by atoms with Gasteiger partial charge in [-0.3, -0.25) is 14.4 Å². The van der Waals surface area contributed by atoms with Gasteiger partial charge in [-0.2, -0.15) is 0 Å². The lowest BCUT2D eigenvalue weighted by Crippen LogP contribution is -2.50. The number of hydrogen-bond donors (Lipinski definition) is 3. The van der Waals surface area contributed by atoms with Crippen molar-refractivity contribution >= 4 is 22.8 Å². The van der Waals surface area contributed by atoms with E-state index in [1.807, 2.05) is 6.07 Å². The fourth-order valence-corrected chi connectivity index (χ4v) is 3.44. The maximum absolute atomic E-state index is 13.0. The van der Waals surface area contributed by atoms with E-state index in [2.05, 4.69) is 5.32 Å². The molecule has 2 amide bonds. The number of ether oxygens (including phenoxy) is 2. The van der Waals surface area contributed by atoms with Gasteiger partial charge in [0.05, 0.1) is 11.4 Å². The number of nitrogens with two attached hydrogens (primary N) is 1. The van der Waals surface area contributed by atoms with Crippen molar-refractivity contribution < 1.29 is 28.6 Å². The molecule has 2 atom stereocenters. The molecule has 1 aliphatic rings. The highest BCUT2D eigenvalue weighted by Gasteiger charge is 2.29. The Morgan fingerprint density at radius 2 is 1.75 bits per heavy atom. The summed E-state index contributed by atoms with van der Waals surface area (Å²) in [6, 6.07) is 10.9. The van der Waals surface area contributed by atoms with Crippen molar-refractivity contribution in [2.75, 3.05) is 0 Å². The van der Waals surface area contributed by atoms with Gasteiger partial charge in [-0.1, -0.05) is 30.3 Å². The molecule has 9 nitrogen and oxygen atoms in total. The van der Waals surface area contributed by atoms with Gasteiger partial charge in [0.25, 0.3) is 5.91 Å². The second-order valence-electron chi connectivity index (χ2n) is 7.31. The van der Waals surface area contributed by atoms with Gasteiger partial charge in [0.1, 0.15) is 18.1 Å². The number of rotatable bonds is 6. The van der Waals surface area contributed by atoms with Crippen molar-refractivity contribution in [1.82, 2.24) is 5.32 Å². The molecular formula is C23H20N2O7. The Morgan fingerprint density at radius 3 is 2.41 bits per heavy atom. The first kappa shape index (κ1) is 21.1. The van der Waals surface area contributed by atoms with E-state index in [0.717, 1.165) is 5.56 Å². The van der Waals surface area contributed by atoms with Gasteiger partial charge in [0.2, 0.25) is 5.91 Å². The lowest BCUT2D eigenvalue weighted by Gasteiger charge is -2.22. The molecule has 0 saturated heterocycles. The lowest BCUT2D eigenvalue weighted by molar-refractivity contribution is -0.127. The fourth-order valence-electron chi connectivity index (χ4n) is 3.44. The average Bonchev–Trinajstić information content (AvgIpc) is 2.80. The normalized spacial score (nSPS) is 14.1. The third-order valence-corrected chi connectivity index (χ3v) is 5.12. The molecule has 1 aliphatic heterocycles. The van der Waals surface area contributed by atoms with E-state index in [-0.39, 0.29) is 28.7 Å². The molecule has 0 saturated carbocycles. The van der Waals surface area contributed by atoms with Gasteiger partial charge < -0.3 is 30.0 Å². The number of hydrogen-bond acceptors (Lipinski definition) is 7. The van der Waals surface area contributed by atoms with Crippen LogP contribution in [0.15, 0.2) is 64.2 Å². The van der Waals surface area contributed by atoms with E-state index in [0.29, 0.717) is 11.5 Å². The molecule has 0 spiro atoms. The van der Waals surface area contributed by atoms with Crippen LogP contribution in [0.3, 0.4) is 0 Å². The quantitative estimate of drug-likeness (QED) is 0.532. The maximum atomic E-state index is 13.0. The van der Waals surface area contributed by atoms with Crippen LogP contribution < -0.4 is 26.0 Å². The van der Waals surface area contributed by atoms with Gasteiger partial charge >= 0.3 is 0 Å². The second-order valence-corrected chi connectivity index (χ2v) is 7.31. The van der Waals surface area contributed by atoms with Crippen LogP contribution in [0.4, 0.5) is 0 Å². The molecule has 2 heterocycles. The number of benzene rings is 2. The summed E-state index contributed by atoms with van der Waals surface area (Å²) in [5.74, 6) is -1.33. The molecule has 0 unspecified atom stereocenters.